The van der Waals surface area contributed by atoms with E-state index in [-0.39, 0.29) is 5.60 Å². The Hall–Kier alpha value is -1.39. The molecule has 114 valence electrons. The van der Waals surface area contributed by atoms with Gasteiger partial charge in [0.05, 0.1) is 16.8 Å². The zero-order valence-electron chi connectivity index (χ0n) is 13.2. The van der Waals surface area contributed by atoms with Gasteiger partial charge < -0.3 is 10.1 Å². The number of hydrogen-bond acceptors (Lipinski definition) is 3. The highest BCUT2D eigenvalue weighted by atomic mass is 16.5. The Morgan fingerprint density at radius 2 is 2.14 bits per heavy atom. The molecule has 1 unspecified atom stereocenters. The van der Waals surface area contributed by atoms with Crippen molar-refractivity contribution in [3.05, 3.63) is 30.0 Å². The lowest BCUT2D eigenvalue weighted by Crippen LogP contribution is -2.56. The SMILES string of the molecule is CCn1nc(CC(NC)C2(OC)CCC2)c2ccccc21. The molecular weight excluding hydrogens is 262 g/mol. The van der Waals surface area contributed by atoms with Gasteiger partial charge in [-0.2, -0.15) is 5.10 Å². The van der Waals surface area contributed by atoms with Gasteiger partial charge in [0, 0.05) is 31.5 Å². The zero-order chi connectivity index (χ0) is 14.9. The van der Waals surface area contributed by atoms with Gasteiger partial charge in [-0.25, -0.2) is 0 Å². The smallest absolute Gasteiger partial charge is 0.0834 e. The molecule has 0 radical (unpaired) electrons. The van der Waals surface area contributed by atoms with Crippen molar-refractivity contribution in [1.29, 1.82) is 0 Å². The maximum atomic E-state index is 5.85. The number of aryl methyl sites for hydroxylation is 1. The molecule has 1 aliphatic carbocycles. The predicted molar refractivity (Wildman–Crippen MR) is 85.5 cm³/mol. The van der Waals surface area contributed by atoms with Crippen LogP contribution in [0.1, 0.15) is 31.9 Å². The Morgan fingerprint density at radius 3 is 2.71 bits per heavy atom. The Bertz CT molecular complexity index is 610. The Morgan fingerprint density at radius 1 is 1.38 bits per heavy atom. The molecule has 2 aromatic rings. The molecule has 3 rings (SSSR count). The molecule has 1 saturated carbocycles. The second-order valence-corrected chi connectivity index (χ2v) is 5.95. The monoisotopic (exact) mass is 287 g/mol. The number of methoxy groups -OCH3 is 1. The number of nitrogens with zero attached hydrogens (tertiary/aromatic N) is 2. The number of likely N-dealkylation sites (N-methyl/N-ethyl adjacent to an activating group) is 1. The summed E-state index contributed by atoms with van der Waals surface area (Å²) in [5, 5.41) is 9.55. The van der Waals surface area contributed by atoms with Gasteiger partial charge in [-0.3, -0.25) is 4.68 Å². The average molecular weight is 287 g/mol. The zero-order valence-corrected chi connectivity index (χ0v) is 13.2. The second kappa shape index (κ2) is 5.78. The molecule has 0 aliphatic heterocycles. The third-order valence-electron chi connectivity index (χ3n) is 5.02. The number of ether oxygens (including phenoxy) is 1. The third-order valence-corrected chi connectivity index (χ3v) is 5.02. The first-order chi connectivity index (χ1) is 10.2. The van der Waals surface area contributed by atoms with E-state index >= 15 is 0 Å². The minimum absolute atomic E-state index is 0.00809. The minimum Gasteiger partial charge on any atom is -0.377 e. The summed E-state index contributed by atoms with van der Waals surface area (Å²) in [6.45, 7) is 3.04. The standard InChI is InChI=1S/C17H25N3O/c1-4-20-15-9-6-5-8-13(15)14(19-20)12-16(18-2)17(21-3)10-7-11-17/h5-6,8-9,16,18H,4,7,10-12H2,1-3H3. The molecule has 4 nitrogen and oxygen atoms in total. The number of hydrogen-bond donors (Lipinski definition) is 1. The van der Waals surface area contributed by atoms with Crippen LogP contribution in [-0.4, -0.2) is 35.6 Å². The van der Waals surface area contributed by atoms with Crippen molar-refractivity contribution < 1.29 is 4.74 Å². The van der Waals surface area contributed by atoms with Crippen LogP contribution in [0.4, 0.5) is 0 Å². The van der Waals surface area contributed by atoms with Crippen molar-refractivity contribution in [1.82, 2.24) is 15.1 Å². The summed E-state index contributed by atoms with van der Waals surface area (Å²) in [5.41, 5.74) is 2.39. The molecule has 1 aliphatic rings. The number of rotatable bonds is 6. The Labute approximate surface area is 126 Å². The summed E-state index contributed by atoms with van der Waals surface area (Å²) in [6, 6.07) is 8.82. The fourth-order valence-corrected chi connectivity index (χ4v) is 3.55. The van der Waals surface area contributed by atoms with Crippen molar-refractivity contribution in [3.63, 3.8) is 0 Å². The van der Waals surface area contributed by atoms with Crippen molar-refractivity contribution in [2.75, 3.05) is 14.2 Å². The van der Waals surface area contributed by atoms with Crippen LogP contribution in [0, 0.1) is 0 Å². The first-order valence-corrected chi connectivity index (χ1v) is 7.91. The van der Waals surface area contributed by atoms with Crippen LogP contribution in [0.3, 0.4) is 0 Å². The van der Waals surface area contributed by atoms with Gasteiger partial charge >= 0.3 is 0 Å². The molecule has 1 atom stereocenters. The summed E-state index contributed by atoms with van der Waals surface area (Å²) in [7, 11) is 3.87. The third kappa shape index (κ3) is 2.36. The van der Waals surface area contributed by atoms with E-state index in [1.807, 2.05) is 14.2 Å². The Balaban J connectivity index is 1.93. The number of nitrogens with one attached hydrogen (secondary N) is 1. The molecule has 0 bridgehead atoms. The first-order valence-electron chi connectivity index (χ1n) is 7.91. The van der Waals surface area contributed by atoms with Gasteiger partial charge in [0.15, 0.2) is 0 Å². The van der Waals surface area contributed by atoms with Gasteiger partial charge in [0.25, 0.3) is 0 Å². The predicted octanol–water partition coefficient (Wildman–Crippen LogP) is 2.76. The van der Waals surface area contributed by atoms with Crippen LogP contribution in [0.5, 0.6) is 0 Å². The van der Waals surface area contributed by atoms with Crippen molar-refractivity contribution in [2.45, 2.75) is 50.8 Å². The van der Waals surface area contributed by atoms with E-state index in [4.69, 9.17) is 9.84 Å². The van der Waals surface area contributed by atoms with E-state index in [2.05, 4.69) is 41.2 Å². The van der Waals surface area contributed by atoms with E-state index in [0.29, 0.717) is 6.04 Å². The topological polar surface area (TPSA) is 39.1 Å². The van der Waals surface area contributed by atoms with Crippen LogP contribution >= 0.6 is 0 Å². The average Bonchev–Trinajstić information content (AvgIpc) is 2.84. The van der Waals surface area contributed by atoms with Gasteiger partial charge in [-0.05, 0) is 39.3 Å². The molecule has 1 aromatic carbocycles. The molecule has 21 heavy (non-hydrogen) atoms. The molecule has 0 amide bonds. The van der Waals surface area contributed by atoms with Crippen LogP contribution in [0.2, 0.25) is 0 Å². The quantitative estimate of drug-likeness (QED) is 0.888. The molecule has 1 heterocycles. The molecule has 1 fully saturated rings. The molecule has 1 N–H and O–H groups in total. The van der Waals surface area contributed by atoms with Crippen molar-refractivity contribution in [3.8, 4) is 0 Å². The largest absolute Gasteiger partial charge is 0.377 e. The van der Waals surface area contributed by atoms with Crippen LogP contribution in [-0.2, 0) is 17.7 Å². The molecular formula is C17H25N3O. The normalized spacial score (nSPS) is 18.6. The van der Waals surface area contributed by atoms with Crippen LogP contribution in [0.15, 0.2) is 24.3 Å². The Kier molecular flexibility index (Phi) is 4.00. The van der Waals surface area contributed by atoms with Crippen LogP contribution in [0.25, 0.3) is 10.9 Å². The van der Waals surface area contributed by atoms with E-state index in [1.54, 1.807) is 0 Å². The van der Waals surface area contributed by atoms with Crippen LogP contribution < -0.4 is 5.32 Å². The van der Waals surface area contributed by atoms with Crippen molar-refractivity contribution >= 4 is 10.9 Å². The molecule has 0 saturated heterocycles. The molecule has 4 heteroatoms. The minimum atomic E-state index is -0.00809. The number of aromatic nitrogens is 2. The lowest BCUT2D eigenvalue weighted by atomic mass is 9.73. The summed E-state index contributed by atoms with van der Waals surface area (Å²) in [4.78, 5) is 0. The highest BCUT2D eigenvalue weighted by Gasteiger charge is 2.44. The van der Waals surface area contributed by atoms with Gasteiger partial charge in [-0.15, -0.1) is 0 Å². The maximum absolute atomic E-state index is 5.85. The number of para-hydroxylation sites is 1. The molecule has 0 spiro atoms. The van der Waals surface area contributed by atoms with E-state index < -0.39 is 0 Å². The fraction of sp³-hybridized carbons (Fsp3) is 0.588. The number of benzene rings is 1. The summed E-state index contributed by atoms with van der Waals surface area (Å²) in [6.07, 6.45) is 4.46. The van der Waals surface area contributed by atoms with Crippen molar-refractivity contribution in [2.24, 2.45) is 0 Å². The summed E-state index contributed by atoms with van der Waals surface area (Å²) < 4.78 is 7.94. The highest BCUT2D eigenvalue weighted by Crippen LogP contribution is 2.39. The lowest BCUT2D eigenvalue weighted by Gasteiger charge is -2.46. The molecule has 1 aromatic heterocycles. The lowest BCUT2D eigenvalue weighted by molar-refractivity contribution is -0.0967. The highest BCUT2D eigenvalue weighted by molar-refractivity contribution is 5.82. The maximum Gasteiger partial charge on any atom is 0.0834 e. The van der Waals surface area contributed by atoms with E-state index in [0.717, 1.165) is 25.8 Å². The fourth-order valence-electron chi connectivity index (χ4n) is 3.55. The van der Waals surface area contributed by atoms with Gasteiger partial charge in [0.1, 0.15) is 0 Å². The van der Waals surface area contributed by atoms with E-state index in [9.17, 15) is 0 Å². The van der Waals surface area contributed by atoms with Gasteiger partial charge in [0.2, 0.25) is 0 Å². The second-order valence-electron chi connectivity index (χ2n) is 5.95. The number of fused-ring (bicyclic) bond motifs is 1. The first kappa shape index (κ1) is 14.5. The summed E-state index contributed by atoms with van der Waals surface area (Å²) >= 11 is 0. The summed E-state index contributed by atoms with van der Waals surface area (Å²) in [5.74, 6) is 0. The van der Waals surface area contributed by atoms with Gasteiger partial charge in [-0.1, -0.05) is 18.2 Å². The van der Waals surface area contributed by atoms with E-state index in [1.165, 1.54) is 23.0 Å².